The fourth-order valence-corrected chi connectivity index (χ4v) is 2.77. The van der Waals surface area contributed by atoms with Crippen molar-refractivity contribution in [1.29, 1.82) is 5.26 Å². The summed E-state index contributed by atoms with van der Waals surface area (Å²) in [5.74, 6) is -0.218. The molecule has 0 aliphatic heterocycles. The van der Waals surface area contributed by atoms with E-state index in [2.05, 4.69) is 12.1 Å². The molecule has 0 saturated carbocycles. The van der Waals surface area contributed by atoms with Crippen LogP contribution in [0.15, 0.2) is 36.4 Å². The quantitative estimate of drug-likeness (QED) is 0.641. The largest absolute Gasteiger partial charge is 0.312 e. The van der Waals surface area contributed by atoms with Crippen molar-refractivity contribution in [3.05, 3.63) is 64.6 Å². The molecule has 21 heavy (non-hydrogen) atoms. The Balaban J connectivity index is 2.41. The highest BCUT2D eigenvalue weighted by Crippen LogP contribution is 2.30. The van der Waals surface area contributed by atoms with E-state index in [9.17, 15) is 9.65 Å². The van der Waals surface area contributed by atoms with Crippen LogP contribution in [0.4, 0.5) is 4.39 Å². The van der Waals surface area contributed by atoms with Crippen molar-refractivity contribution in [3.8, 4) is 11.8 Å². The molecule has 0 saturated heterocycles. The summed E-state index contributed by atoms with van der Waals surface area (Å²) in [4.78, 5) is 0. The lowest BCUT2D eigenvalue weighted by molar-refractivity contribution is 0.618. The molecule has 1 aromatic heterocycles. The van der Waals surface area contributed by atoms with E-state index in [-0.39, 0.29) is 5.82 Å². The van der Waals surface area contributed by atoms with Crippen LogP contribution in [0.1, 0.15) is 22.4 Å². The number of rotatable bonds is 1. The van der Waals surface area contributed by atoms with E-state index in [1.807, 2.05) is 36.6 Å². The van der Waals surface area contributed by atoms with Gasteiger partial charge in [-0.05, 0) is 56.2 Å². The van der Waals surface area contributed by atoms with Crippen molar-refractivity contribution in [2.75, 3.05) is 0 Å². The predicted octanol–water partition coefficient (Wildman–Crippen LogP) is 4.57. The standard InChI is InChI=1S/C18H15FN2/c1-11-4-6-15-16(10-20)13(3)21(18(15)8-11)14-5-7-17(19)12(2)9-14/h4-9H,1-3H3. The van der Waals surface area contributed by atoms with E-state index < -0.39 is 0 Å². The molecule has 0 aliphatic rings. The monoisotopic (exact) mass is 278 g/mol. The van der Waals surface area contributed by atoms with Crippen LogP contribution < -0.4 is 0 Å². The molecule has 3 rings (SSSR count). The van der Waals surface area contributed by atoms with Crippen LogP contribution in [0.5, 0.6) is 0 Å². The van der Waals surface area contributed by atoms with Gasteiger partial charge in [-0.15, -0.1) is 0 Å². The van der Waals surface area contributed by atoms with Gasteiger partial charge in [0.1, 0.15) is 11.9 Å². The Hall–Kier alpha value is -2.60. The number of halogens is 1. The van der Waals surface area contributed by atoms with Crippen molar-refractivity contribution in [3.63, 3.8) is 0 Å². The number of fused-ring (bicyclic) bond motifs is 1. The minimum Gasteiger partial charge on any atom is -0.312 e. The maximum Gasteiger partial charge on any atom is 0.126 e. The second-order valence-corrected chi connectivity index (χ2v) is 5.36. The number of nitriles is 1. The maximum atomic E-state index is 13.5. The van der Waals surface area contributed by atoms with Crippen LogP contribution in [0, 0.1) is 37.9 Å². The molecule has 3 heteroatoms. The van der Waals surface area contributed by atoms with Crippen LogP contribution in [0.2, 0.25) is 0 Å². The van der Waals surface area contributed by atoms with Crippen molar-refractivity contribution in [1.82, 2.24) is 4.57 Å². The van der Waals surface area contributed by atoms with Crippen LogP contribution in [0.25, 0.3) is 16.6 Å². The summed E-state index contributed by atoms with van der Waals surface area (Å²) in [6.45, 7) is 5.69. The highest BCUT2D eigenvalue weighted by Gasteiger charge is 2.15. The molecule has 0 atom stereocenters. The van der Waals surface area contributed by atoms with Crippen LogP contribution in [0.3, 0.4) is 0 Å². The number of hydrogen-bond donors (Lipinski definition) is 0. The summed E-state index contributed by atoms with van der Waals surface area (Å²) >= 11 is 0. The summed E-state index contributed by atoms with van der Waals surface area (Å²) in [5, 5.41) is 10.4. The van der Waals surface area contributed by atoms with Gasteiger partial charge in [0.25, 0.3) is 0 Å². The number of aryl methyl sites for hydroxylation is 2. The third kappa shape index (κ3) is 2.00. The fraction of sp³-hybridized carbons (Fsp3) is 0.167. The van der Waals surface area contributed by atoms with Crippen LogP contribution >= 0.6 is 0 Å². The Bertz CT molecular complexity index is 898. The SMILES string of the molecule is Cc1ccc2c(C#N)c(C)n(-c3ccc(F)c(C)c3)c2c1. The van der Waals surface area contributed by atoms with Gasteiger partial charge in [0.15, 0.2) is 0 Å². The molecular formula is C18H15FN2. The maximum absolute atomic E-state index is 13.5. The summed E-state index contributed by atoms with van der Waals surface area (Å²) < 4.78 is 15.5. The Morgan fingerprint density at radius 3 is 2.48 bits per heavy atom. The summed E-state index contributed by atoms with van der Waals surface area (Å²) in [5.41, 5.74) is 5.14. The number of nitrogens with zero attached hydrogens (tertiary/aromatic N) is 2. The summed E-state index contributed by atoms with van der Waals surface area (Å²) in [7, 11) is 0. The van der Waals surface area contributed by atoms with Gasteiger partial charge < -0.3 is 4.57 Å². The first-order valence-electron chi connectivity index (χ1n) is 6.81. The molecule has 0 amide bonds. The highest BCUT2D eigenvalue weighted by atomic mass is 19.1. The van der Waals surface area contributed by atoms with Gasteiger partial charge in [-0.2, -0.15) is 5.26 Å². The Labute approximate surface area is 123 Å². The number of hydrogen-bond acceptors (Lipinski definition) is 1. The van der Waals surface area contributed by atoms with Crippen molar-refractivity contribution >= 4 is 10.9 Å². The van der Waals surface area contributed by atoms with Crippen molar-refractivity contribution in [2.24, 2.45) is 0 Å². The minimum atomic E-state index is -0.218. The first-order chi connectivity index (χ1) is 10.0. The smallest absolute Gasteiger partial charge is 0.126 e. The lowest BCUT2D eigenvalue weighted by atomic mass is 10.1. The molecule has 2 aromatic carbocycles. The average molecular weight is 278 g/mol. The van der Waals surface area contributed by atoms with E-state index in [0.717, 1.165) is 27.8 Å². The van der Waals surface area contributed by atoms with Gasteiger partial charge in [0.2, 0.25) is 0 Å². The molecule has 0 radical (unpaired) electrons. The van der Waals surface area contributed by atoms with Crippen molar-refractivity contribution in [2.45, 2.75) is 20.8 Å². The Morgan fingerprint density at radius 2 is 1.81 bits per heavy atom. The molecule has 104 valence electrons. The van der Waals surface area contributed by atoms with Gasteiger partial charge >= 0.3 is 0 Å². The minimum absolute atomic E-state index is 0.218. The second kappa shape index (κ2) is 4.75. The van der Waals surface area contributed by atoms with Crippen LogP contribution in [-0.4, -0.2) is 4.57 Å². The summed E-state index contributed by atoms with van der Waals surface area (Å²) in [6.07, 6.45) is 0. The third-order valence-corrected chi connectivity index (χ3v) is 3.87. The van der Waals surface area contributed by atoms with E-state index in [4.69, 9.17) is 0 Å². The lowest BCUT2D eigenvalue weighted by Gasteiger charge is -2.10. The van der Waals surface area contributed by atoms with E-state index in [1.54, 1.807) is 13.0 Å². The summed E-state index contributed by atoms with van der Waals surface area (Å²) in [6, 6.07) is 13.3. The zero-order chi connectivity index (χ0) is 15.1. The topological polar surface area (TPSA) is 28.7 Å². The van der Waals surface area contributed by atoms with E-state index in [1.165, 1.54) is 6.07 Å². The second-order valence-electron chi connectivity index (χ2n) is 5.36. The molecule has 0 fully saturated rings. The molecular weight excluding hydrogens is 263 g/mol. The molecule has 0 N–H and O–H groups in total. The fourth-order valence-electron chi connectivity index (χ4n) is 2.77. The third-order valence-electron chi connectivity index (χ3n) is 3.87. The lowest BCUT2D eigenvalue weighted by Crippen LogP contribution is -1.98. The zero-order valence-electron chi connectivity index (χ0n) is 12.2. The molecule has 1 heterocycles. The number of aromatic nitrogens is 1. The van der Waals surface area contributed by atoms with Crippen molar-refractivity contribution < 1.29 is 4.39 Å². The molecule has 3 aromatic rings. The van der Waals surface area contributed by atoms with Gasteiger partial charge in [-0.25, -0.2) is 4.39 Å². The van der Waals surface area contributed by atoms with Gasteiger partial charge in [-0.3, -0.25) is 0 Å². The first-order valence-corrected chi connectivity index (χ1v) is 6.81. The molecule has 0 aliphatic carbocycles. The Kier molecular flexibility index (Phi) is 3.03. The van der Waals surface area contributed by atoms with Gasteiger partial charge in [-0.1, -0.05) is 12.1 Å². The highest BCUT2D eigenvalue weighted by molar-refractivity contribution is 5.90. The number of benzene rings is 2. The Morgan fingerprint density at radius 1 is 1.05 bits per heavy atom. The predicted molar refractivity (Wildman–Crippen MR) is 82.2 cm³/mol. The van der Waals surface area contributed by atoms with E-state index >= 15 is 0 Å². The molecule has 0 bridgehead atoms. The molecule has 0 unspecified atom stereocenters. The molecule has 2 nitrogen and oxygen atoms in total. The first kappa shape index (κ1) is 13.4. The molecule has 0 spiro atoms. The van der Waals surface area contributed by atoms with Crippen LogP contribution in [-0.2, 0) is 0 Å². The van der Waals surface area contributed by atoms with Gasteiger partial charge in [0, 0.05) is 16.8 Å². The normalized spacial score (nSPS) is 10.8. The van der Waals surface area contributed by atoms with Gasteiger partial charge in [0.05, 0.1) is 11.1 Å². The zero-order valence-corrected chi connectivity index (χ0v) is 12.2. The average Bonchev–Trinajstić information content (AvgIpc) is 2.73. The van der Waals surface area contributed by atoms with E-state index in [0.29, 0.717) is 11.1 Å².